The fourth-order valence-electron chi connectivity index (χ4n) is 2.11. The molecule has 0 fully saturated rings. The summed E-state index contributed by atoms with van der Waals surface area (Å²) in [5.41, 5.74) is 4.03. The second-order valence-corrected chi connectivity index (χ2v) is 4.15. The summed E-state index contributed by atoms with van der Waals surface area (Å²) in [7, 11) is 0. The van der Waals surface area contributed by atoms with Crippen LogP contribution in [-0.2, 0) is 4.74 Å². The van der Waals surface area contributed by atoms with E-state index >= 15 is 0 Å². The summed E-state index contributed by atoms with van der Waals surface area (Å²) in [6.07, 6.45) is 4.53. The van der Waals surface area contributed by atoms with Crippen LogP contribution in [0.25, 0.3) is 10.8 Å². The highest BCUT2D eigenvalue weighted by Gasteiger charge is 2.12. The molecule has 1 heterocycles. The Morgan fingerprint density at radius 1 is 1.39 bits per heavy atom. The summed E-state index contributed by atoms with van der Waals surface area (Å²) in [4.78, 5) is 4.19. The van der Waals surface area contributed by atoms with Gasteiger partial charge in [0.1, 0.15) is 0 Å². The van der Waals surface area contributed by atoms with Crippen molar-refractivity contribution < 1.29 is 4.74 Å². The highest BCUT2D eigenvalue weighted by atomic mass is 16.5. The molecular weight excluding hydrogens is 226 g/mol. The largest absolute Gasteiger partial charge is 0.382 e. The average Bonchev–Trinajstić information content (AvgIpc) is 2.43. The Hall–Kier alpha value is -1.49. The van der Waals surface area contributed by atoms with Crippen molar-refractivity contribution in [2.45, 2.75) is 19.4 Å². The van der Waals surface area contributed by atoms with Gasteiger partial charge in [0.2, 0.25) is 0 Å². The molecule has 0 amide bonds. The van der Waals surface area contributed by atoms with Crippen molar-refractivity contribution in [3.63, 3.8) is 0 Å². The molecule has 0 saturated carbocycles. The van der Waals surface area contributed by atoms with Crippen molar-refractivity contribution in [3.8, 4) is 0 Å². The number of ether oxygens (including phenoxy) is 1. The number of nitrogens with two attached hydrogens (primary N) is 1. The molecule has 1 atom stereocenters. The molecule has 0 saturated heterocycles. The zero-order valence-corrected chi connectivity index (χ0v) is 10.6. The minimum absolute atomic E-state index is 0.0875. The van der Waals surface area contributed by atoms with Crippen LogP contribution in [0.3, 0.4) is 0 Å². The second-order valence-electron chi connectivity index (χ2n) is 4.15. The van der Waals surface area contributed by atoms with Gasteiger partial charge >= 0.3 is 0 Å². The van der Waals surface area contributed by atoms with E-state index in [0.29, 0.717) is 6.61 Å². The summed E-state index contributed by atoms with van der Waals surface area (Å²) in [6, 6.07) is 8.30. The van der Waals surface area contributed by atoms with Crippen LogP contribution in [0.1, 0.15) is 24.9 Å². The molecule has 96 valence electrons. The number of hydrogen-bond donors (Lipinski definition) is 2. The lowest BCUT2D eigenvalue weighted by Gasteiger charge is -2.18. The maximum atomic E-state index is 5.65. The zero-order chi connectivity index (χ0) is 12.8. The Bertz CT molecular complexity index is 496. The van der Waals surface area contributed by atoms with Gasteiger partial charge in [-0.25, -0.2) is 0 Å². The minimum atomic E-state index is 0.0875. The molecule has 0 aliphatic carbocycles. The Labute approximate surface area is 107 Å². The van der Waals surface area contributed by atoms with Crippen LogP contribution >= 0.6 is 0 Å². The molecule has 0 aliphatic rings. The van der Waals surface area contributed by atoms with Crippen LogP contribution in [0.15, 0.2) is 36.7 Å². The molecule has 4 nitrogen and oxygen atoms in total. The molecular formula is C14H19N3O. The van der Waals surface area contributed by atoms with Gasteiger partial charge in [-0.05, 0) is 30.4 Å². The quantitative estimate of drug-likeness (QED) is 0.465. The first-order chi connectivity index (χ1) is 8.86. The molecule has 1 aromatic heterocycles. The number of pyridine rings is 1. The number of hydrazine groups is 1. The van der Waals surface area contributed by atoms with Crippen LogP contribution in [0.5, 0.6) is 0 Å². The van der Waals surface area contributed by atoms with Crippen molar-refractivity contribution in [3.05, 3.63) is 42.2 Å². The predicted octanol–water partition coefficient (Wildman–Crippen LogP) is 2.17. The Kier molecular flexibility index (Phi) is 4.64. The third-order valence-corrected chi connectivity index (χ3v) is 3.05. The fraction of sp³-hybridized carbons (Fsp3) is 0.357. The maximum Gasteiger partial charge on any atom is 0.0488 e. The summed E-state index contributed by atoms with van der Waals surface area (Å²) < 4.78 is 5.39. The van der Waals surface area contributed by atoms with Crippen LogP contribution in [-0.4, -0.2) is 18.2 Å². The SMILES string of the molecule is CCOCCC(NN)c1cccc2ccncc12. The highest BCUT2D eigenvalue weighted by molar-refractivity contribution is 5.85. The van der Waals surface area contributed by atoms with E-state index in [1.807, 2.05) is 25.3 Å². The number of benzene rings is 1. The summed E-state index contributed by atoms with van der Waals surface area (Å²) in [6.45, 7) is 3.42. The zero-order valence-electron chi connectivity index (χ0n) is 10.6. The van der Waals surface area contributed by atoms with E-state index in [4.69, 9.17) is 10.6 Å². The van der Waals surface area contributed by atoms with Gasteiger partial charge in [0, 0.05) is 37.0 Å². The smallest absolute Gasteiger partial charge is 0.0488 e. The Morgan fingerprint density at radius 3 is 3.06 bits per heavy atom. The minimum Gasteiger partial charge on any atom is -0.382 e. The van der Waals surface area contributed by atoms with E-state index in [0.717, 1.165) is 18.4 Å². The third kappa shape index (κ3) is 2.85. The van der Waals surface area contributed by atoms with Gasteiger partial charge in [-0.3, -0.25) is 16.3 Å². The first-order valence-electron chi connectivity index (χ1n) is 6.23. The molecule has 0 bridgehead atoms. The predicted molar refractivity (Wildman–Crippen MR) is 72.9 cm³/mol. The third-order valence-electron chi connectivity index (χ3n) is 3.05. The highest BCUT2D eigenvalue weighted by Crippen LogP contribution is 2.25. The first kappa shape index (κ1) is 13.0. The number of nitrogens with zero attached hydrogens (tertiary/aromatic N) is 1. The molecule has 1 aromatic carbocycles. The maximum absolute atomic E-state index is 5.65. The van der Waals surface area contributed by atoms with Crippen molar-refractivity contribution in [1.82, 2.24) is 10.4 Å². The van der Waals surface area contributed by atoms with Gasteiger partial charge in [-0.1, -0.05) is 18.2 Å². The number of fused-ring (bicyclic) bond motifs is 1. The van der Waals surface area contributed by atoms with E-state index in [9.17, 15) is 0 Å². The average molecular weight is 245 g/mol. The van der Waals surface area contributed by atoms with Gasteiger partial charge in [0.25, 0.3) is 0 Å². The van der Waals surface area contributed by atoms with Crippen LogP contribution < -0.4 is 11.3 Å². The number of rotatable bonds is 6. The lowest BCUT2D eigenvalue weighted by molar-refractivity contribution is 0.136. The molecule has 0 aliphatic heterocycles. The van der Waals surface area contributed by atoms with Gasteiger partial charge in [-0.15, -0.1) is 0 Å². The first-order valence-corrected chi connectivity index (χ1v) is 6.23. The Balaban J connectivity index is 2.27. The monoisotopic (exact) mass is 245 g/mol. The van der Waals surface area contributed by atoms with E-state index < -0.39 is 0 Å². The lowest BCUT2D eigenvalue weighted by Crippen LogP contribution is -2.29. The van der Waals surface area contributed by atoms with Gasteiger partial charge in [-0.2, -0.15) is 0 Å². The number of hydrogen-bond acceptors (Lipinski definition) is 4. The molecule has 2 aromatic rings. The van der Waals surface area contributed by atoms with Crippen LogP contribution in [0.4, 0.5) is 0 Å². The fourth-order valence-corrected chi connectivity index (χ4v) is 2.11. The van der Waals surface area contributed by atoms with Crippen LogP contribution in [0, 0.1) is 0 Å². The van der Waals surface area contributed by atoms with Crippen molar-refractivity contribution in [2.24, 2.45) is 5.84 Å². The number of aromatic nitrogens is 1. The lowest BCUT2D eigenvalue weighted by atomic mass is 9.99. The van der Waals surface area contributed by atoms with E-state index in [1.54, 1.807) is 6.20 Å². The second kappa shape index (κ2) is 6.44. The molecule has 18 heavy (non-hydrogen) atoms. The molecule has 1 unspecified atom stereocenters. The summed E-state index contributed by atoms with van der Waals surface area (Å²) in [5.74, 6) is 5.65. The normalized spacial score (nSPS) is 12.8. The van der Waals surface area contributed by atoms with E-state index in [-0.39, 0.29) is 6.04 Å². The summed E-state index contributed by atoms with van der Waals surface area (Å²) in [5, 5.41) is 2.32. The van der Waals surface area contributed by atoms with Gasteiger partial charge in [0.15, 0.2) is 0 Å². The van der Waals surface area contributed by atoms with Crippen molar-refractivity contribution in [2.75, 3.05) is 13.2 Å². The van der Waals surface area contributed by atoms with Gasteiger partial charge < -0.3 is 4.74 Å². The Morgan fingerprint density at radius 2 is 2.28 bits per heavy atom. The topological polar surface area (TPSA) is 60.2 Å². The molecule has 4 heteroatoms. The van der Waals surface area contributed by atoms with E-state index in [1.165, 1.54) is 10.9 Å². The van der Waals surface area contributed by atoms with Crippen LogP contribution in [0.2, 0.25) is 0 Å². The molecule has 0 spiro atoms. The van der Waals surface area contributed by atoms with E-state index in [2.05, 4.69) is 22.5 Å². The van der Waals surface area contributed by atoms with Crippen molar-refractivity contribution in [1.29, 1.82) is 0 Å². The van der Waals surface area contributed by atoms with Gasteiger partial charge in [0.05, 0.1) is 0 Å². The number of nitrogens with one attached hydrogen (secondary N) is 1. The molecule has 0 radical (unpaired) electrons. The molecule has 3 N–H and O–H groups in total. The molecule has 2 rings (SSSR count). The van der Waals surface area contributed by atoms with Crippen molar-refractivity contribution >= 4 is 10.8 Å². The summed E-state index contributed by atoms with van der Waals surface area (Å²) >= 11 is 0. The standard InChI is InChI=1S/C14H19N3O/c1-2-18-9-7-14(17-15)12-5-3-4-11-6-8-16-10-13(11)12/h3-6,8,10,14,17H,2,7,9,15H2,1H3.